The number of nitrogens with zero attached hydrogens (tertiary/aromatic N) is 3. The molecule has 0 aliphatic rings. The van der Waals surface area contributed by atoms with Gasteiger partial charge in [0.1, 0.15) is 12.1 Å². The van der Waals surface area contributed by atoms with Crippen LogP contribution >= 0.6 is 0 Å². The Morgan fingerprint density at radius 2 is 2.16 bits per heavy atom. The highest BCUT2D eigenvalue weighted by Gasteiger charge is 2.45. The Kier molecular flexibility index (Phi) is 4.77. The summed E-state index contributed by atoms with van der Waals surface area (Å²) in [6, 6.07) is -0.106. The molecule has 1 aromatic rings. The Morgan fingerprint density at radius 1 is 1.53 bits per heavy atom. The second kappa shape index (κ2) is 5.92. The number of aliphatic hydroxyl groups is 1. The van der Waals surface area contributed by atoms with E-state index in [4.69, 9.17) is 4.74 Å². The fourth-order valence-corrected chi connectivity index (χ4v) is 1.78. The van der Waals surface area contributed by atoms with Crippen molar-refractivity contribution in [1.29, 1.82) is 0 Å². The van der Waals surface area contributed by atoms with Crippen LogP contribution in [0, 0.1) is 0 Å². The van der Waals surface area contributed by atoms with Gasteiger partial charge in [-0.05, 0) is 27.7 Å². The van der Waals surface area contributed by atoms with Gasteiger partial charge in [0.2, 0.25) is 5.60 Å². The van der Waals surface area contributed by atoms with Gasteiger partial charge < -0.3 is 9.84 Å². The van der Waals surface area contributed by atoms with E-state index in [0.29, 0.717) is 0 Å². The summed E-state index contributed by atoms with van der Waals surface area (Å²) >= 11 is 0. The minimum absolute atomic E-state index is 0.0242. The number of hydrogen-bond donors (Lipinski definition) is 1. The molecule has 1 N–H and O–H groups in total. The smallest absolute Gasteiger partial charge is 0.346 e. The lowest BCUT2D eigenvalue weighted by Gasteiger charge is -2.25. The zero-order valence-corrected chi connectivity index (χ0v) is 11.6. The van der Waals surface area contributed by atoms with Crippen molar-refractivity contribution in [1.82, 2.24) is 14.8 Å². The molecule has 1 aromatic heterocycles. The van der Waals surface area contributed by atoms with E-state index < -0.39 is 18.0 Å². The molecule has 1 atom stereocenters. The molecule has 106 valence electrons. The molecule has 0 saturated carbocycles. The third-order valence-electron chi connectivity index (χ3n) is 2.55. The fraction of sp³-hybridized carbons (Fsp3) is 0.667. The number of rotatable bonds is 6. The van der Waals surface area contributed by atoms with Gasteiger partial charge in [-0.3, -0.25) is 4.79 Å². The van der Waals surface area contributed by atoms with Crippen LogP contribution in [0.4, 0.5) is 0 Å². The first kappa shape index (κ1) is 15.3. The normalized spacial score (nSPS) is 14.2. The van der Waals surface area contributed by atoms with Crippen LogP contribution in [-0.2, 0) is 19.9 Å². The topological polar surface area (TPSA) is 94.3 Å². The lowest BCUT2D eigenvalue weighted by atomic mass is 9.96. The van der Waals surface area contributed by atoms with E-state index in [9.17, 15) is 14.7 Å². The highest BCUT2D eigenvalue weighted by atomic mass is 16.5. The molecule has 0 aromatic carbocycles. The first-order valence-electron chi connectivity index (χ1n) is 6.12. The summed E-state index contributed by atoms with van der Waals surface area (Å²) in [6.45, 7) is 6.68. The van der Waals surface area contributed by atoms with Crippen LogP contribution in [0.1, 0.15) is 46.0 Å². The van der Waals surface area contributed by atoms with E-state index in [1.165, 1.54) is 17.9 Å². The third-order valence-corrected chi connectivity index (χ3v) is 2.55. The van der Waals surface area contributed by atoms with Crippen LogP contribution in [0.15, 0.2) is 6.33 Å². The van der Waals surface area contributed by atoms with Gasteiger partial charge in [-0.1, -0.05) is 0 Å². The van der Waals surface area contributed by atoms with E-state index >= 15 is 0 Å². The van der Waals surface area contributed by atoms with Crippen molar-refractivity contribution in [3.63, 3.8) is 0 Å². The summed E-state index contributed by atoms with van der Waals surface area (Å²) in [6.07, 6.45) is 0.844. The summed E-state index contributed by atoms with van der Waals surface area (Å²) in [5, 5.41) is 14.5. The molecule has 0 fully saturated rings. The zero-order chi connectivity index (χ0) is 14.6. The number of aromatic nitrogens is 3. The number of ether oxygens (including phenoxy) is 1. The van der Waals surface area contributed by atoms with Crippen molar-refractivity contribution in [2.24, 2.45) is 0 Å². The number of carbonyl (C=O) groups excluding carboxylic acids is 2. The second-order valence-corrected chi connectivity index (χ2v) is 4.58. The van der Waals surface area contributed by atoms with Crippen molar-refractivity contribution in [3.8, 4) is 0 Å². The monoisotopic (exact) mass is 269 g/mol. The zero-order valence-electron chi connectivity index (χ0n) is 11.6. The molecule has 0 radical (unpaired) electrons. The largest absolute Gasteiger partial charge is 0.463 e. The molecular formula is C12H19N3O4. The summed E-state index contributed by atoms with van der Waals surface area (Å²) in [5.74, 6) is -1.20. The molecule has 0 aliphatic carbocycles. The minimum Gasteiger partial charge on any atom is -0.463 e. The molecule has 0 amide bonds. The third kappa shape index (κ3) is 3.17. The van der Waals surface area contributed by atoms with Crippen LogP contribution in [0.5, 0.6) is 0 Å². The summed E-state index contributed by atoms with van der Waals surface area (Å²) in [4.78, 5) is 27.2. The number of ketones is 1. The van der Waals surface area contributed by atoms with Gasteiger partial charge in [0.25, 0.3) is 0 Å². The van der Waals surface area contributed by atoms with Gasteiger partial charge in [-0.2, -0.15) is 5.10 Å². The Morgan fingerprint density at radius 3 is 2.63 bits per heavy atom. The average molecular weight is 269 g/mol. The van der Waals surface area contributed by atoms with Gasteiger partial charge >= 0.3 is 5.97 Å². The molecule has 0 aliphatic heterocycles. The Labute approximate surface area is 111 Å². The molecule has 7 nitrogen and oxygen atoms in total. The summed E-state index contributed by atoms with van der Waals surface area (Å²) in [7, 11) is 0. The average Bonchev–Trinajstić information content (AvgIpc) is 2.77. The Hall–Kier alpha value is -1.76. The van der Waals surface area contributed by atoms with Crippen LogP contribution in [0.25, 0.3) is 0 Å². The Balaban J connectivity index is 3.26. The lowest BCUT2D eigenvalue weighted by Crippen LogP contribution is -2.42. The molecule has 0 spiro atoms. The van der Waals surface area contributed by atoms with E-state index in [1.807, 2.05) is 13.8 Å². The summed E-state index contributed by atoms with van der Waals surface area (Å²) in [5.41, 5.74) is -2.09. The predicted molar refractivity (Wildman–Crippen MR) is 66.2 cm³/mol. The van der Waals surface area contributed by atoms with Gasteiger partial charge in [0, 0.05) is 6.04 Å². The highest BCUT2D eigenvalue weighted by molar-refractivity contribution is 5.88. The van der Waals surface area contributed by atoms with Gasteiger partial charge in [0.05, 0.1) is 13.0 Å². The molecule has 1 rings (SSSR count). The van der Waals surface area contributed by atoms with Crippen molar-refractivity contribution in [2.75, 3.05) is 6.61 Å². The van der Waals surface area contributed by atoms with Crippen LogP contribution in [0.3, 0.4) is 0 Å². The maximum atomic E-state index is 12.0. The fourth-order valence-electron chi connectivity index (χ4n) is 1.78. The van der Waals surface area contributed by atoms with Crippen molar-refractivity contribution in [2.45, 2.75) is 45.8 Å². The first-order chi connectivity index (χ1) is 8.82. The van der Waals surface area contributed by atoms with E-state index in [2.05, 4.69) is 10.1 Å². The maximum absolute atomic E-state index is 12.0. The molecular weight excluding hydrogens is 250 g/mol. The second-order valence-electron chi connectivity index (χ2n) is 4.58. The minimum atomic E-state index is -2.09. The van der Waals surface area contributed by atoms with Crippen LogP contribution in [-0.4, -0.2) is 38.2 Å². The first-order valence-corrected chi connectivity index (χ1v) is 6.12. The van der Waals surface area contributed by atoms with Crippen molar-refractivity contribution in [3.05, 3.63) is 12.2 Å². The lowest BCUT2D eigenvalue weighted by molar-refractivity contribution is -0.170. The van der Waals surface area contributed by atoms with E-state index in [-0.39, 0.29) is 24.3 Å². The van der Waals surface area contributed by atoms with E-state index in [0.717, 1.165) is 0 Å². The quantitative estimate of drug-likeness (QED) is 0.759. The van der Waals surface area contributed by atoms with Crippen molar-refractivity contribution >= 4 is 11.8 Å². The van der Waals surface area contributed by atoms with Gasteiger partial charge in [-0.15, -0.1) is 0 Å². The standard InChI is InChI=1S/C12H19N3O4/c1-5-19-11(17)12(18,6-9(4)16)10-13-7-14-15(10)8(2)3/h7-8,18H,5-6H2,1-4H3. The Bertz CT molecular complexity index is 469. The molecule has 19 heavy (non-hydrogen) atoms. The van der Waals surface area contributed by atoms with Gasteiger partial charge in [-0.25, -0.2) is 14.5 Å². The number of carbonyl (C=O) groups is 2. The number of esters is 1. The molecule has 7 heteroatoms. The van der Waals surface area contributed by atoms with E-state index in [1.54, 1.807) is 6.92 Å². The molecule has 1 heterocycles. The molecule has 1 unspecified atom stereocenters. The van der Waals surface area contributed by atoms with Crippen LogP contribution < -0.4 is 0 Å². The molecule has 0 bridgehead atoms. The van der Waals surface area contributed by atoms with Crippen LogP contribution in [0.2, 0.25) is 0 Å². The SMILES string of the molecule is CCOC(=O)C(O)(CC(C)=O)c1ncnn1C(C)C. The van der Waals surface area contributed by atoms with Crippen molar-refractivity contribution < 1.29 is 19.4 Å². The summed E-state index contributed by atoms with van der Waals surface area (Å²) < 4.78 is 6.25. The number of Topliss-reactive ketones (excluding diaryl/α,β-unsaturated/α-hetero) is 1. The highest BCUT2D eigenvalue weighted by Crippen LogP contribution is 2.27. The van der Waals surface area contributed by atoms with Gasteiger partial charge in [0.15, 0.2) is 5.82 Å². The predicted octanol–water partition coefficient (Wildman–Crippen LogP) is 0.589. The molecule has 0 saturated heterocycles. The number of hydrogen-bond acceptors (Lipinski definition) is 6. The maximum Gasteiger partial charge on any atom is 0.346 e.